The summed E-state index contributed by atoms with van der Waals surface area (Å²) >= 11 is 0. The molecule has 2 nitrogen and oxygen atoms in total. The zero-order chi connectivity index (χ0) is 22.2. The number of alkyl halides is 3. The maximum atomic E-state index is 12.9. The van der Waals surface area contributed by atoms with E-state index in [1.807, 2.05) is 32.0 Å². The van der Waals surface area contributed by atoms with Crippen molar-refractivity contribution in [2.45, 2.75) is 58.2 Å². The molecule has 0 aliphatic carbocycles. The maximum absolute atomic E-state index is 12.9. The maximum Gasteiger partial charge on any atom is 0.416 e. The van der Waals surface area contributed by atoms with Gasteiger partial charge in [0.05, 0.1) is 17.0 Å². The number of nitrogens with zero attached hydrogens (tertiary/aromatic N) is 2. The van der Waals surface area contributed by atoms with Crippen LogP contribution in [0, 0.1) is 17.2 Å². The van der Waals surface area contributed by atoms with E-state index in [1.54, 1.807) is 0 Å². The van der Waals surface area contributed by atoms with Crippen molar-refractivity contribution in [3.63, 3.8) is 0 Å². The van der Waals surface area contributed by atoms with Crippen molar-refractivity contribution in [2.75, 3.05) is 13.1 Å². The molecule has 5 heteroatoms. The fraction of sp³-hybridized carbons (Fsp3) is 0.480. The highest BCUT2D eigenvalue weighted by Crippen LogP contribution is 2.38. The Kier molecular flexibility index (Phi) is 8.49. The van der Waals surface area contributed by atoms with Crippen LogP contribution in [0.4, 0.5) is 13.2 Å². The van der Waals surface area contributed by atoms with Crippen molar-refractivity contribution < 1.29 is 13.2 Å². The molecule has 0 fully saturated rings. The Morgan fingerprint density at radius 2 is 1.53 bits per heavy atom. The van der Waals surface area contributed by atoms with E-state index in [0.717, 1.165) is 44.6 Å². The molecule has 162 valence electrons. The fourth-order valence-corrected chi connectivity index (χ4v) is 3.98. The van der Waals surface area contributed by atoms with Gasteiger partial charge in [0.15, 0.2) is 0 Å². The minimum absolute atomic E-state index is 0.00650. The lowest BCUT2D eigenvalue weighted by Gasteiger charge is -2.33. The molecule has 0 saturated heterocycles. The molecule has 0 bridgehead atoms. The summed E-state index contributed by atoms with van der Waals surface area (Å²) in [5, 5.41) is 10.0. The number of nitriles is 1. The summed E-state index contributed by atoms with van der Waals surface area (Å²) < 4.78 is 38.8. The van der Waals surface area contributed by atoms with Gasteiger partial charge in [0, 0.05) is 6.54 Å². The monoisotopic (exact) mass is 416 g/mol. The summed E-state index contributed by atoms with van der Waals surface area (Å²) in [6.07, 6.45) is -1.91. The first kappa shape index (κ1) is 24.0. The lowest BCUT2D eigenvalue weighted by molar-refractivity contribution is -0.137. The fourth-order valence-electron chi connectivity index (χ4n) is 3.98. The van der Waals surface area contributed by atoms with Gasteiger partial charge in [-0.2, -0.15) is 18.4 Å². The lowest BCUT2D eigenvalue weighted by atomic mass is 9.69. The quantitative estimate of drug-likeness (QED) is 0.425. The predicted octanol–water partition coefficient (Wildman–Crippen LogP) is 6.82. The molecular formula is C25H31F3N2. The van der Waals surface area contributed by atoms with Crippen molar-refractivity contribution >= 4 is 0 Å². The summed E-state index contributed by atoms with van der Waals surface area (Å²) in [6, 6.07) is 17.8. The second-order valence-electron chi connectivity index (χ2n) is 8.18. The van der Waals surface area contributed by atoms with Gasteiger partial charge in [-0.25, -0.2) is 0 Å². The van der Waals surface area contributed by atoms with Gasteiger partial charge in [0.2, 0.25) is 0 Å². The minimum atomic E-state index is -4.37. The molecule has 0 aliphatic rings. The van der Waals surface area contributed by atoms with Crippen LogP contribution in [-0.2, 0) is 18.1 Å². The van der Waals surface area contributed by atoms with Crippen LogP contribution in [0.25, 0.3) is 0 Å². The van der Waals surface area contributed by atoms with Gasteiger partial charge < -0.3 is 0 Å². The molecule has 0 aliphatic heterocycles. The van der Waals surface area contributed by atoms with Gasteiger partial charge in [0.1, 0.15) is 0 Å². The van der Waals surface area contributed by atoms with Gasteiger partial charge in [-0.1, -0.05) is 63.2 Å². The Hall–Kier alpha value is -2.32. The Balaban J connectivity index is 2.13. The predicted molar refractivity (Wildman–Crippen MR) is 115 cm³/mol. The first-order valence-electron chi connectivity index (χ1n) is 10.6. The number of halogens is 3. The highest BCUT2D eigenvalue weighted by molar-refractivity contribution is 5.36. The standard InChI is InChI=1S/C25H31F3N2/c1-4-16-30(18-21-9-6-5-7-10-21)17-8-15-24(19-29,20(2)3)22-11-13-23(14-12-22)25(26,27)28/h5-7,9-14,20H,4,8,15-18H2,1-3H3. The van der Waals surface area contributed by atoms with E-state index in [0.29, 0.717) is 12.0 Å². The van der Waals surface area contributed by atoms with Gasteiger partial charge in [-0.3, -0.25) is 4.90 Å². The second-order valence-corrected chi connectivity index (χ2v) is 8.18. The smallest absolute Gasteiger partial charge is 0.299 e. The molecule has 2 aromatic carbocycles. The van der Waals surface area contributed by atoms with Crippen LogP contribution in [0.15, 0.2) is 54.6 Å². The zero-order valence-electron chi connectivity index (χ0n) is 18.0. The number of hydrogen-bond acceptors (Lipinski definition) is 2. The lowest BCUT2D eigenvalue weighted by Crippen LogP contribution is -2.33. The Labute approximate surface area is 178 Å². The summed E-state index contributed by atoms with van der Waals surface area (Å²) in [7, 11) is 0. The van der Waals surface area contributed by atoms with Crippen molar-refractivity contribution in [3.05, 3.63) is 71.3 Å². The van der Waals surface area contributed by atoms with Crippen LogP contribution in [0.3, 0.4) is 0 Å². The van der Waals surface area contributed by atoms with E-state index in [-0.39, 0.29) is 5.92 Å². The Bertz CT molecular complexity index is 807. The molecular weight excluding hydrogens is 385 g/mol. The SMILES string of the molecule is CCCN(CCCC(C#N)(c1ccc(C(F)(F)F)cc1)C(C)C)Cc1ccccc1. The molecule has 1 unspecified atom stereocenters. The Morgan fingerprint density at radius 3 is 2.03 bits per heavy atom. The van der Waals surface area contributed by atoms with E-state index < -0.39 is 17.2 Å². The number of rotatable bonds is 10. The zero-order valence-corrected chi connectivity index (χ0v) is 18.0. The van der Waals surface area contributed by atoms with Crippen LogP contribution in [0.2, 0.25) is 0 Å². The van der Waals surface area contributed by atoms with Crippen molar-refractivity contribution in [1.29, 1.82) is 5.26 Å². The topological polar surface area (TPSA) is 27.0 Å². The molecule has 0 N–H and O–H groups in total. The van der Waals surface area contributed by atoms with E-state index in [2.05, 4.69) is 30.0 Å². The van der Waals surface area contributed by atoms with Crippen molar-refractivity contribution in [2.24, 2.45) is 5.92 Å². The average molecular weight is 417 g/mol. The van der Waals surface area contributed by atoms with Crippen LogP contribution >= 0.6 is 0 Å². The van der Waals surface area contributed by atoms with Crippen LogP contribution < -0.4 is 0 Å². The first-order chi connectivity index (χ1) is 14.2. The molecule has 2 rings (SSSR count). The third-order valence-electron chi connectivity index (χ3n) is 5.75. The van der Waals surface area contributed by atoms with Gasteiger partial charge in [-0.15, -0.1) is 0 Å². The largest absolute Gasteiger partial charge is 0.416 e. The second kappa shape index (κ2) is 10.6. The van der Waals surface area contributed by atoms with Crippen molar-refractivity contribution in [3.8, 4) is 6.07 Å². The number of hydrogen-bond donors (Lipinski definition) is 0. The van der Waals surface area contributed by atoms with E-state index in [1.165, 1.54) is 17.7 Å². The molecule has 0 aromatic heterocycles. The third-order valence-corrected chi connectivity index (χ3v) is 5.75. The molecule has 2 aromatic rings. The molecule has 0 amide bonds. The third kappa shape index (κ3) is 6.09. The van der Waals surface area contributed by atoms with Crippen LogP contribution in [0.1, 0.15) is 56.7 Å². The highest BCUT2D eigenvalue weighted by atomic mass is 19.4. The first-order valence-corrected chi connectivity index (χ1v) is 10.6. The normalized spacial score (nSPS) is 14.0. The van der Waals surface area contributed by atoms with Gasteiger partial charge in [0.25, 0.3) is 0 Å². The van der Waals surface area contributed by atoms with E-state index in [9.17, 15) is 18.4 Å². The highest BCUT2D eigenvalue weighted by Gasteiger charge is 2.37. The summed E-state index contributed by atoms with van der Waals surface area (Å²) in [6.45, 7) is 8.75. The molecule has 0 heterocycles. The average Bonchev–Trinajstić information content (AvgIpc) is 2.71. The van der Waals surface area contributed by atoms with E-state index >= 15 is 0 Å². The molecule has 0 spiro atoms. The van der Waals surface area contributed by atoms with Crippen molar-refractivity contribution in [1.82, 2.24) is 4.90 Å². The summed E-state index contributed by atoms with van der Waals surface area (Å²) in [5.74, 6) is -0.00650. The number of benzene rings is 2. The molecule has 0 radical (unpaired) electrons. The minimum Gasteiger partial charge on any atom is -0.299 e. The van der Waals surface area contributed by atoms with E-state index in [4.69, 9.17) is 0 Å². The summed E-state index contributed by atoms with van der Waals surface area (Å²) in [5.41, 5.74) is 0.440. The summed E-state index contributed by atoms with van der Waals surface area (Å²) in [4.78, 5) is 2.38. The van der Waals surface area contributed by atoms with Crippen LogP contribution in [0.5, 0.6) is 0 Å². The Morgan fingerprint density at radius 1 is 0.933 bits per heavy atom. The molecule has 30 heavy (non-hydrogen) atoms. The van der Waals surface area contributed by atoms with Crippen LogP contribution in [-0.4, -0.2) is 18.0 Å². The van der Waals surface area contributed by atoms with Gasteiger partial charge in [-0.05, 0) is 61.5 Å². The molecule has 0 saturated carbocycles. The molecule has 1 atom stereocenters. The van der Waals surface area contributed by atoms with Gasteiger partial charge >= 0.3 is 6.18 Å².